The lowest BCUT2D eigenvalue weighted by molar-refractivity contribution is -0.135. The van der Waals surface area contributed by atoms with Crippen molar-refractivity contribution in [3.63, 3.8) is 0 Å². The Morgan fingerprint density at radius 3 is 2.78 bits per heavy atom. The summed E-state index contributed by atoms with van der Waals surface area (Å²) in [5.41, 5.74) is 0. The second-order valence-electron chi connectivity index (χ2n) is 6.19. The first-order valence-electron chi connectivity index (χ1n) is 8.46. The maximum absolute atomic E-state index is 12.8. The molecule has 1 amide bonds. The van der Waals surface area contributed by atoms with E-state index < -0.39 is 0 Å². The number of likely N-dealkylation sites (tertiary alicyclic amines) is 1. The Morgan fingerprint density at radius 2 is 2.09 bits per heavy atom. The van der Waals surface area contributed by atoms with Gasteiger partial charge in [0.15, 0.2) is 0 Å². The molecule has 128 valence electrons. The van der Waals surface area contributed by atoms with Crippen molar-refractivity contribution in [2.45, 2.75) is 38.6 Å². The molecule has 1 aromatic rings. The molecule has 1 aliphatic heterocycles. The Morgan fingerprint density at radius 1 is 1.35 bits per heavy atom. The average Bonchev–Trinajstić information content (AvgIpc) is 2.56. The number of benzene rings is 1. The van der Waals surface area contributed by atoms with Gasteiger partial charge in [0.1, 0.15) is 18.2 Å². The van der Waals surface area contributed by atoms with E-state index in [1.807, 2.05) is 16.8 Å². The molecule has 5 heteroatoms. The molecule has 0 aromatic heterocycles. The highest BCUT2D eigenvalue weighted by molar-refractivity contribution is 5.78. The number of carbonyl (C=O) groups is 1. The monoisotopic (exact) mass is 322 g/mol. The van der Waals surface area contributed by atoms with Crippen molar-refractivity contribution in [3.8, 4) is 5.75 Å². The van der Waals surface area contributed by atoms with Gasteiger partial charge in [-0.1, -0.05) is 6.92 Å². The molecule has 0 radical (unpaired) electrons. The minimum absolute atomic E-state index is 0.209. The molecule has 0 bridgehead atoms. The van der Waals surface area contributed by atoms with E-state index in [-0.39, 0.29) is 11.7 Å². The van der Waals surface area contributed by atoms with Crippen molar-refractivity contribution in [2.24, 2.45) is 0 Å². The van der Waals surface area contributed by atoms with Crippen LogP contribution in [0.1, 0.15) is 32.6 Å². The van der Waals surface area contributed by atoms with Crippen LogP contribution in [0.4, 0.5) is 4.39 Å². The SMILES string of the molecule is CCC1CCCCN1C(=O)CN(C)CCOc1ccc(F)cc1. The summed E-state index contributed by atoms with van der Waals surface area (Å²) in [6, 6.07) is 6.38. The maximum atomic E-state index is 12.8. The number of amides is 1. The number of piperidine rings is 1. The third kappa shape index (κ3) is 5.50. The summed E-state index contributed by atoms with van der Waals surface area (Å²) in [7, 11) is 1.93. The normalized spacial score (nSPS) is 18.3. The molecule has 0 aliphatic carbocycles. The van der Waals surface area contributed by atoms with E-state index >= 15 is 0 Å². The Labute approximate surface area is 138 Å². The molecule has 4 nitrogen and oxygen atoms in total. The number of hydrogen-bond acceptors (Lipinski definition) is 3. The van der Waals surface area contributed by atoms with E-state index in [9.17, 15) is 9.18 Å². The summed E-state index contributed by atoms with van der Waals surface area (Å²) in [5.74, 6) is 0.584. The summed E-state index contributed by atoms with van der Waals surface area (Å²) in [5, 5.41) is 0. The molecular formula is C18H27FN2O2. The molecule has 2 rings (SSSR count). The van der Waals surface area contributed by atoms with Gasteiger partial charge in [-0.3, -0.25) is 9.69 Å². The van der Waals surface area contributed by atoms with Gasteiger partial charge < -0.3 is 9.64 Å². The van der Waals surface area contributed by atoms with Crippen LogP contribution in [0.2, 0.25) is 0 Å². The number of likely N-dealkylation sites (N-methyl/N-ethyl adjacent to an activating group) is 1. The number of nitrogens with zero attached hydrogens (tertiary/aromatic N) is 2. The van der Waals surface area contributed by atoms with Gasteiger partial charge in [-0.2, -0.15) is 0 Å². The van der Waals surface area contributed by atoms with Crippen molar-refractivity contribution in [3.05, 3.63) is 30.1 Å². The van der Waals surface area contributed by atoms with Crippen LogP contribution >= 0.6 is 0 Å². The minimum Gasteiger partial charge on any atom is -0.492 e. The van der Waals surface area contributed by atoms with E-state index in [0.717, 1.165) is 25.8 Å². The van der Waals surface area contributed by atoms with Gasteiger partial charge in [0.25, 0.3) is 0 Å². The van der Waals surface area contributed by atoms with Crippen molar-refractivity contribution in [1.29, 1.82) is 0 Å². The Hall–Kier alpha value is -1.62. The van der Waals surface area contributed by atoms with E-state index in [4.69, 9.17) is 4.74 Å². The quantitative estimate of drug-likeness (QED) is 0.774. The Bertz CT molecular complexity index is 492. The minimum atomic E-state index is -0.271. The number of hydrogen-bond donors (Lipinski definition) is 0. The van der Waals surface area contributed by atoms with Crippen LogP contribution in [-0.2, 0) is 4.79 Å². The predicted molar refractivity (Wildman–Crippen MR) is 89.0 cm³/mol. The van der Waals surface area contributed by atoms with Crippen LogP contribution in [0.5, 0.6) is 5.75 Å². The second kappa shape index (κ2) is 8.87. The highest BCUT2D eigenvalue weighted by Crippen LogP contribution is 2.19. The van der Waals surface area contributed by atoms with Gasteiger partial charge >= 0.3 is 0 Å². The van der Waals surface area contributed by atoms with Crippen LogP contribution < -0.4 is 4.74 Å². The molecule has 1 fully saturated rings. The molecule has 1 heterocycles. The van der Waals surface area contributed by atoms with E-state index in [1.54, 1.807) is 12.1 Å². The van der Waals surface area contributed by atoms with Crippen LogP contribution in [0.15, 0.2) is 24.3 Å². The van der Waals surface area contributed by atoms with E-state index in [0.29, 0.717) is 31.5 Å². The first-order valence-corrected chi connectivity index (χ1v) is 8.46. The average molecular weight is 322 g/mol. The summed E-state index contributed by atoms with van der Waals surface area (Å²) in [6.45, 7) is 4.59. The summed E-state index contributed by atoms with van der Waals surface area (Å²) < 4.78 is 18.4. The molecule has 0 saturated carbocycles. The molecule has 0 N–H and O–H groups in total. The fourth-order valence-corrected chi connectivity index (χ4v) is 3.00. The van der Waals surface area contributed by atoms with Crippen molar-refractivity contribution in [1.82, 2.24) is 9.80 Å². The van der Waals surface area contributed by atoms with Gasteiger partial charge in [0.05, 0.1) is 6.54 Å². The van der Waals surface area contributed by atoms with Gasteiger partial charge in [0.2, 0.25) is 5.91 Å². The van der Waals surface area contributed by atoms with Crippen LogP contribution in [0.3, 0.4) is 0 Å². The van der Waals surface area contributed by atoms with Gasteiger partial charge in [0, 0.05) is 19.1 Å². The molecule has 1 unspecified atom stereocenters. The zero-order valence-electron chi connectivity index (χ0n) is 14.1. The highest BCUT2D eigenvalue weighted by Gasteiger charge is 2.25. The molecule has 1 atom stereocenters. The number of ether oxygens (including phenoxy) is 1. The van der Waals surface area contributed by atoms with E-state index in [2.05, 4.69) is 6.92 Å². The first kappa shape index (κ1) is 17.7. The molecule has 23 heavy (non-hydrogen) atoms. The third-order valence-electron chi connectivity index (χ3n) is 4.38. The Balaban J connectivity index is 1.72. The zero-order valence-corrected chi connectivity index (χ0v) is 14.1. The third-order valence-corrected chi connectivity index (χ3v) is 4.38. The second-order valence-corrected chi connectivity index (χ2v) is 6.19. The number of rotatable bonds is 7. The predicted octanol–water partition coefficient (Wildman–Crippen LogP) is 2.93. The van der Waals surface area contributed by atoms with Gasteiger partial charge in [-0.25, -0.2) is 4.39 Å². The highest BCUT2D eigenvalue weighted by atomic mass is 19.1. The zero-order chi connectivity index (χ0) is 16.7. The standard InChI is InChI=1S/C18H27FN2O2/c1-3-16-6-4-5-11-21(16)18(22)14-20(2)12-13-23-17-9-7-15(19)8-10-17/h7-10,16H,3-6,11-14H2,1-2H3. The van der Waals surface area contributed by atoms with Crippen molar-refractivity contribution in [2.75, 3.05) is 33.3 Å². The lowest BCUT2D eigenvalue weighted by Crippen LogP contribution is -2.47. The molecule has 0 spiro atoms. The topological polar surface area (TPSA) is 32.8 Å². The Kier molecular flexibility index (Phi) is 6.84. The smallest absolute Gasteiger partial charge is 0.236 e. The van der Waals surface area contributed by atoms with E-state index in [1.165, 1.54) is 18.6 Å². The molecular weight excluding hydrogens is 295 g/mol. The number of carbonyl (C=O) groups excluding carboxylic acids is 1. The summed E-state index contributed by atoms with van der Waals surface area (Å²) in [6.07, 6.45) is 4.49. The maximum Gasteiger partial charge on any atom is 0.236 e. The van der Waals surface area contributed by atoms with Gasteiger partial charge in [-0.05, 0) is 57.0 Å². The molecule has 1 aliphatic rings. The largest absolute Gasteiger partial charge is 0.492 e. The van der Waals surface area contributed by atoms with Gasteiger partial charge in [-0.15, -0.1) is 0 Å². The number of halogens is 1. The van der Waals surface area contributed by atoms with Crippen LogP contribution in [0.25, 0.3) is 0 Å². The lowest BCUT2D eigenvalue weighted by atomic mass is 10.00. The summed E-state index contributed by atoms with van der Waals surface area (Å²) in [4.78, 5) is 16.5. The first-order chi connectivity index (χ1) is 11.1. The van der Waals surface area contributed by atoms with Crippen LogP contribution in [0, 0.1) is 5.82 Å². The molecule has 1 aromatic carbocycles. The fraction of sp³-hybridized carbons (Fsp3) is 0.611. The summed E-state index contributed by atoms with van der Waals surface area (Å²) >= 11 is 0. The lowest BCUT2D eigenvalue weighted by Gasteiger charge is -2.36. The fourth-order valence-electron chi connectivity index (χ4n) is 3.00. The molecule has 1 saturated heterocycles. The van der Waals surface area contributed by atoms with Crippen molar-refractivity contribution < 1.29 is 13.9 Å². The van der Waals surface area contributed by atoms with Crippen LogP contribution in [-0.4, -0.2) is 55.0 Å². The van der Waals surface area contributed by atoms with Crippen molar-refractivity contribution >= 4 is 5.91 Å².